The highest BCUT2D eigenvalue weighted by molar-refractivity contribution is 8.08. The van der Waals surface area contributed by atoms with Gasteiger partial charge in [-0.3, -0.25) is 4.57 Å². The molecule has 5 rings (SSSR count). The topological polar surface area (TPSA) is 78.9 Å². The Morgan fingerprint density at radius 1 is 1.03 bits per heavy atom. The van der Waals surface area contributed by atoms with Gasteiger partial charge in [0, 0.05) is 18.3 Å². The van der Waals surface area contributed by atoms with E-state index in [4.69, 9.17) is 10.2 Å². The minimum atomic E-state index is -2.75. The lowest BCUT2D eigenvalue weighted by molar-refractivity contribution is 0.295. The maximum absolute atomic E-state index is 15.2. The molecular formula is C26H27F2N5OSSi. The second-order valence-electron chi connectivity index (χ2n) is 9.79. The average Bonchev–Trinajstić information content (AvgIpc) is 3.43. The molecule has 0 aliphatic carbocycles. The predicted molar refractivity (Wildman–Crippen MR) is 144 cm³/mol. The van der Waals surface area contributed by atoms with Crippen LogP contribution in [0.15, 0.2) is 72.8 Å². The zero-order chi connectivity index (χ0) is 25.5. The first-order valence-electron chi connectivity index (χ1n) is 11.7. The first kappa shape index (κ1) is 24.6. The molecular weight excluding hydrogens is 496 g/mol. The number of hydrogen-bond donors (Lipinski definition) is 1. The van der Waals surface area contributed by atoms with Crippen LogP contribution in [0.1, 0.15) is 27.2 Å². The molecule has 0 saturated carbocycles. The second kappa shape index (κ2) is 9.42. The second-order valence-corrected chi connectivity index (χ2v) is 15.4. The van der Waals surface area contributed by atoms with E-state index < -0.39 is 14.4 Å². The van der Waals surface area contributed by atoms with Gasteiger partial charge >= 0.3 is 6.08 Å². The first-order chi connectivity index (χ1) is 17.2. The standard InChI is InChI=1S/C26H27F2N5OSSi/c1-26(2,3)36(18-10-6-4-7-11-18,19-12-8-5-9-13-19)34-15-17-14-20(27)24(35-17)33-16-30-21-22(29)31-25(28)32-23(21)33/h4-13,16-17H,14-15H2,1-3H3,(H2,29,31,32)/t17-/m1/s1. The fourth-order valence-corrected chi connectivity index (χ4v) is 10.7. The highest BCUT2D eigenvalue weighted by Crippen LogP contribution is 2.44. The van der Waals surface area contributed by atoms with Gasteiger partial charge in [-0.1, -0.05) is 93.2 Å². The van der Waals surface area contributed by atoms with Gasteiger partial charge in [-0.25, -0.2) is 9.37 Å². The molecule has 0 spiro atoms. The van der Waals surface area contributed by atoms with Crippen molar-refractivity contribution in [2.24, 2.45) is 0 Å². The number of nitrogens with two attached hydrogens (primary N) is 1. The first-order valence-corrected chi connectivity index (χ1v) is 14.5. The van der Waals surface area contributed by atoms with Gasteiger partial charge in [0.2, 0.25) is 0 Å². The molecule has 1 aliphatic heterocycles. The van der Waals surface area contributed by atoms with Crippen molar-refractivity contribution in [3.05, 3.63) is 78.9 Å². The van der Waals surface area contributed by atoms with Crippen molar-refractivity contribution in [2.45, 2.75) is 37.5 Å². The minimum absolute atomic E-state index is 0.0770. The number of thioether (sulfide) groups is 1. The van der Waals surface area contributed by atoms with Crippen LogP contribution in [0, 0.1) is 6.08 Å². The van der Waals surface area contributed by atoms with Crippen molar-refractivity contribution in [1.82, 2.24) is 19.5 Å². The molecule has 1 aliphatic rings. The molecule has 0 fully saturated rings. The van der Waals surface area contributed by atoms with Crippen molar-refractivity contribution in [3.8, 4) is 0 Å². The van der Waals surface area contributed by atoms with E-state index in [1.165, 1.54) is 33.0 Å². The highest BCUT2D eigenvalue weighted by Gasteiger charge is 2.50. The van der Waals surface area contributed by atoms with E-state index in [0.29, 0.717) is 11.6 Å². The van der Waals surface area contributed by atoms with Crippen LogP contribution in [0.25, 0.3) is 16.2 Å². The number of rotatable bonds is 6. The molecule has 0 unspecified atom stereocenters. The predicted octanol–water partition coefficient (Wildman–Crippen LogP) is 4.73. The molecule has 0 bridgehead atoms. The van der Waals surface area contributed by atoms with Gasteiger partial charge in [0.1, 0.15) is 17.2 Å². The number of hydrogen-bond acceptors (Lipinski definition) is 6. The SMILES string of the molecule is CC(C)(C)[Si](OC[C@H]1CC(F)=C(n2cnc3c(N)nc(F)nc32)S1)(c1ccccc1)c1ccccc1. The summed E-state index contributed by atoms with van der Waals surface area (Å²) >= 11 is 1.35. The molecule has 0 radical (unpaired) electrons. The Morgan fingerprint density at radius 3 is 2.22 bits per heavy atom. The minimum Gasteiger partial charge on any atom is -0.406 e. The van der Waals surface area contributed by atoms with E-state index in [1.54, 1.807) is 0 Å². The monoisotopic (exact) mass is 523 g/mol. The van der Waals surface area contributed by atoms with Crippen molar-refractivity contribution < 1.29 is 13.2 Å². The van der Waals surface area contributed by atoms with E-state index in [0.717, 1.165) is 0 Å². The van der Waals surface area contributed by atoms with Gasteiger partial charge in [-0.05, 0) is 15.4 Å². The number of benzene rings is 2. The largest absolute Gasteiger partial charge is 0.406 e. The summed E-state index contributed by atoms with van der Waals surface area (Å²) in [5, 5.41) is 2.32. The van der Waals surface area contributed by atoms with Crippen LogP contribution in [-0.2, 0) is 4.43 Å². The van der Waals surface area contributed by atoms with Gasteiger partial charge in [-0.15, -0.1) is 0 Å². The van der Waals surface area contributed by atoms with Crippen LogP contribution in [0.5, 0.6) is 0 Å². The molecule has 0 amide bonds. The highest BCUT2D eigenvalue weighted by atomic mass is 32.2. The normalized spacial score (nSPS) is 16.8. The molecule has 3 heterocycles. The van der Waals surface area contributed by atoms with E-state index in [9.17, 15) is 4.39 Å². The van der Waals surface area contributed by atoms with Crippen LogP contribution in [0.2, 0.25) is 5.04 Å². The van der Waals surface area contributed by atoms with E-state index in [-0.39, 0.29) is 39.5 Å². The molecule has 1 atom stereocenters. The van der Waals surface area contributed by atoms with Crippen LogP contribution in [0.4, 0.5) is 14.6 Å². The summed E-state index contributed by atoms with van der Waals surface area (Å²) in [6, 6.07) is 20.7. The van der Waals surface area contributed by atoms with Gasteiger partial charge in [0.05, 0.1) is 0 Å². The number of aromatic nitrogens is 4. The quantitative estimate of drug-likeness (QED) is 0.291. The van der Waals surface area contributed by atoms with Gasteiger partial charge < -0.3 is 10.2 Å². The zero-order valence-electron chi connectivity index (χ0n) is 20.3. The summed E-state index contributed by atoms with van der Waals surface area (Å²) in [5.74, 6) is -0.389. The molecule has 6 nitrogen and oxygen atoms in total. The fraction of sp³-hybridized carbons (Fsp3) is 0.269. The summed E-state index contributed by atoms with van der Waals surface area (Å²) < 4.78 is 37.5. The third-order valence-electron chi connectivity index (χ3n) is 6.43. The number of halogens is 2. The maximum Gasteiger partial charge on any atom is 0.312 e. The molecule has 4 aromatic rings. The summed E-state index contributed by atoms with van der Waals surface area (Å²) in [6.45, 7) is 6.98. The molecule has 10 heteroatoms. The number of imidazole rings is 1. The van der Waals surface area contributed by atoms with Crippen LogP contribution < -0.4 is 16.1 Å². The smallest absolute Gasteiger partial charge is 0.312 e. The number of nitrogens with zero attached hydrogens (tertiary/aromatic N) is 4. The lowest BCUT2D eigenvalue weighted by atomic mass is 10.2. The van der Waals surface area contributed by atoms with Crippen LogP contribution in [0.3, 0.4) is 0 Å². The Hall–Kier alpha value is -3.08. The van der Waals surface area contributed by atoms with E-state index in [2.05, 4.69) is 60.0 Å². The molecule has 2 N–H and O–H groups in total. The Morgan fingerprint density at radius 2 is 1.64 bits per heavy atom. The average molecular weight is 524 g/mol. The molecule has 36 heavy (non-hydrogen) atoms. The fourth-order valence-electron chi connectivity index (χ4n) is 4.85. The zero-order valence-corrected chi connectivity index (χ0v) is 22.1. The molecule has 0 saturated heterocycles. The van der Waals surface area contributed by atoms with Crippen molar-refractivity contribution in [2.75, 3.05) is 12.3 Å². The van der Waals surface area contributed by atoms with Crippen molar-refractivity contribution in [3.63, 3.8) is 0 Å². The van der Waals surface area contributed by atoms with E-state index >= 15 is 4.39 Å². The van der Waals surface area contributed by atoms with Crippen LogP contribution in [-0.4, -0.2) is 39.7 Å². The summed E-state index contributed by atoms with van der Waals surface area (Å²) in [6.07, 6.45) is 0.626. The summed E-state index contributed by atoms with van der Waals surface area (Å²) in [5.41, 5.74) is 6.16. The Balaban J connectivity index is 1.46. The number of allylic oxidation sites excluding steroid dienone is 1. The Bertz CT molecular complexity index is 1380. The van der Waals surface area contributed by atoms with Crippen molar-refractivity contribution in [1.29, 1.82) is 0 Å². The number of fused-ring (bicyclic) bond motifs is 1. The van der Waals surface area contributed by atoms with Crippen molar-refractivity contribution >= 4 is 52.5 Å². The summed E-state index contributed by atoms with van der Waals surface area (Å²) in [4.78, 5) is 11.5. The molecule has 2 aromatic carbocycles. The Kier molecular flexibility index (Phi) is 6.44. The van der Waals surface area contributed by atoms with Gasteiger partial charge in [0.15, 0.2) is 17.0 Å². The maximum atomic E-state index is 15.2. The molecule has 186 valence electrons. The Labute approximate surface area is 213 Å². The van der Waals surface area contributed by atoms with E-state index in [1.807, 2.05) is 36.4 Å². The van der Waals surface area contributed by atoms with Gasteiger partial charge in [0.25, 0.3) is 8.32 Å². The lowest BCUT2D eigenvalue weighted by Gasteiger charge is -2.43. The third kappa shape index (κ3) is 4.23. The van der Waals surface area contributed by atoms with Gasteiger partial charge in [-0.2, -0.15) is 14.4 Å². The molecule has 2 aromatic heterocycles. The summed E-state index contributed by atoms with van der Waals surface area (Å²) in [7, 11) is -2.75. The lowest BCUT2D eigenvalue weighted by Crippen LogP contribution is -2.67. The number of nitrogen functional groups attached to an aromatic ring is 1. The number of anilines is 1. The third-order valence-corrected chi connectivity index (χ3v) is 12.7. The van der Waals surface area contributed by atoms with Crippen LogP contribution >= 0.6 is 11.8 Å².